The molecule has 0 spiro atoms. The third kappa shape index (κ3) is 3.21. The number of carbonyl (C=O) groups excluding carboxylic acids is 1. The fourth-order valence-electron chi connectivity index (χ4n) is 2.14. The molecule has 6 nitrogen and oxygen atoms in total. The third-order valence-corrected chi connectivity index (χ3v) is 3.42. The molecule has 3 aromatic rings. The maximum Gasteiger partial charge on any atom is 0.250 e. The predicted octanol–water partition coefficient (Wildman–Crippen LogP) is 2.72. The fraction of sp³-hybridized carbons (Fsp3) is 0.118. The summed E-state index contributed by atoms with van der Waals surface area (Å²) in [5, 5.41) is 4.10. The lowest BCUT2D eigenvalue weighted by atomic mass is 10.1. The molecule has 0 unspecified atom stereocenters. The van der Waals surface area contributed by atoms with E-state index in [9.17, 15) is 4.79 Å². The Morgan fingerprint density at radius 1 is 1.22 bits per heavy atom. The highest BCUT2D eigenvalue weighted by molar-refractivity contribution is 5.92. The normalized spacial score (nSPS) is 10.5. The summed E-state index contributed by atoms with van der Waals surface area (Å²) in [4.78, 5) is 15.1. The highest BCUT2D eigenvalue weighted by Crippen LogP contribution is 2.26. The number of pyridine rings is 1. The lowest BCUT2D eigenvalue weighted by Gasteiger charge is -2.06. The zero-order chi connectivity index (χ0) is 16.2. The molecule has 6 heteroatoms. The Morgan fingerprint density at radius 2 is 2.00 bits per heavy atom. The number of nitrogens with zero attached hydrogens (tertiary/aromatic N) is 2. The quantitative estimate of drug-likeness (QED) is 0.782. The average Bonchev–Trinajstić information content (AvgIpc) is 2.95. The van der Waals surface area contributed by atoms with E-state index in [1.165, 1.54) is 6.20 Å². The van der Waals surface area contributed by atoms with Crippen molar-refractivity contribution in [1.29, 1.82) is 0 Å². The molecule has 0 radical (unpaired) electrons. The van der Waals surface area contributed by atoms with E-state index < -0.39 is 5.91 Å². The van der Waals surface area contributed by atoms with Gasteiger partial charge in [0.2, 0.25) is 11.8 Å². The Kier molecular flexibility index (Phi) is 4.05. The molecule has 0 aliphatic rings. The second kappa shape index (κ2) is 6.31. The molecule has 2 N–H and O–H groups in total. The molecule has 0 saturated heterocycles. The van der Waals surface area contributed by atoms with Crippen molar-refractivity contribution >= 4 is 5.91 Å². The Morgan fingerprint density at radius 3 is 2.65 bits per heavy atom. The van der Waals surface area contributed by atoms with E-state index in [1.54, 1.807) is 12.1 Å². The summed E-state index contributed by atoms with van der Waals surface area (Å²) in [6, 6.07) is 12.9. The summed E-state index contributed by atoms with van der Waals surface area (Å²) in [6.45, 7) is 2.10. The number of primary amides is 1. The molecule has 0 fully saturated rings. The van der Waals surface area contributed by atoms with Crippen molar-refractivity contribution in [3.63, 3.8) is 0 Å². The minimum atomic E-state index is -0.523. The van der Waals surface area contributed by atoms with Gasteiger partial charge < -0.3 is 15.0 Å². The monoisotopic (exact) mass is 309 g/mol. The first-order valence-electron chi connectivity index (χ1n) is 7.04. The second-order valence-corrected chi connectivity index (χ2v) is 4.97. The SMILES string of the molecule is Cc1onc(-c2ccccc2)c1COc1ccc(C(N)=O)cn1. The van der Waals surface area contributed by atoms with Crippen molar-refractivity contribution in [2.24, 2.45) is 5.73 Å². The molecule has 116 valence electrons. The van der Waals surface area contributed by atoms with E-state index in [1.807, 2.05) is 37.3 Å². The summed E-state index contributed by atoms with van der Waals surface area (Å²) in [7, 11) is 0. The molecule has 2 heterocycles. The van der Waals surface area contributed by atoms with E-state index in [4.69, 9.17) is 15.0 Å². The van der Waals surface area contributed by atoms with Gasteiger partial charge in [-0.25, -0.2) is 4.98 Å². The number of aromatic nitrogens is 2. The van der Waals surface area contributed by atoms with Crippen molar-refractivity contribution in [2.45, 2.75) is 13.5 Å². The predicted molar refractivity (Wildman–Crippen MR) is 83.8 cm³/mol. The largest absolute Gasteiger partial charge is 0.473 e. The first-order chi connectivity index (χ1) is 11.1. The molecule has 3 rings (SSSR count). The summed E-state index contributed by atoms with van der Waals surface area (Å²) in [5.41, 5.74) is 8.08. The van der Waals surface area contributed by atoms with Crippen LogP contribution >= 0.6 is 0 Å². The Balaban J connectivity index is 1.78. The standard InChI is InChI=1S/C17H15N3O3/c1-11-14(16(20-23-11)12-5-3-2-4-6-12)10-22-15-8-7-13(9-19-15)17(18)21/h2-9H,10H2,1H3,(H2,18,21). The van der Waals surface area contributed by atoms with Gasteiger partial charge in [0.05, 0.1) is 11.1 Å². The smallest absolute Gasteiger partial charge is 0.250 e. The number of hydrogen-bond donors (Lipinski definition) is 1. The van der Waals surface area contributed by atoms with Crippen molar-refractivity contribution in [1.82, 2.24) is 10.1 Å². The van der Waals surface area contributed by atoms with Crippen LogP contribution in [0.2, 0.25) is 0 Å². The molecule has 0 atom stereocenters. The summed E-state index contributed by atoms with van der Waals surface area (Å²) in [5.74, 6) is 0.567. The Bertz CT molecular complexity index is 811. The van der Waals surface area contributed by atoms with E-state index in [0.29, 0.717) is 17.2 Å². The molecule has 1 aromatic carbocycles. The zero-order valence-electron chi connectivity index (χ0n) is 12.5. The van der Waals surface area contributed by atoms with Crippen LogP contribution < -0.4 is 10.5 Å². The first-order valence-corrected chi connectivity index (χ1v) is 7.04. The molecule has 2 aromatic heterocycles. The molecule has 1 amide bonds. The van der Waals surface area contributed by atoms with Gasteiger partial charge in [-0.1, -0.05) is 35.5 Å². The van der Waals surface area contributed by atoms with E-state index in [-0.39, 0.29) is 6.61 Å². The minimum absolute atomic E-state index is 0.266. The maximum absolute atomic E-state index is 11.0. The van der Waals surface area contributed by atoms with Gasteiger partial charge in [-0.05, 0) is 13.0 Å². The average molecular weight is 309 g/mol. The van der Waals surface area contributed by atoms with Gasteiger partial charge in [0, 0.05) is 17.8 Å². The summed E-state index contributed by atoms with van der Waals surface area (Å²) in [6.07, 6.45) is 1.39. The lowest BCUT2D eigenvalue weighted by Crippen LogP contribution is -2.11. The van der Waals surface area contributed by atoms with Crippen LogP contribution in [0.25, 0.3) is 11.3 Å². The van der Waals surface area contributed by atoms with Crippen molar-refractivity contribution < 1.29 is 14.1 Å². The van der Waals surface area contributed by atoms with Gasteiger partial charge in [-0.2, -0.15) is 0 Å². The second-order valence-electron chi connectivity index (χ2n) is 4.97. The van der Waals surface area contributed by atoms with Crippen LogP contribution in [0, 0.1) is 6.92 Å². The molecule has 23 heavy (non-hydrogen) atoms. The van der Waals surface area contributed by atoms with Gasteiger partial charge in [-0.15, -0.1) is 0 Å². The van der Waals surface area contributed by atoms with E-state index in [2.05, 4.69) is 10.1 Å². The molecular weight excluding hydrogens is 294 g/mol. The molecular formula is C17H15N3O3. The minimum Gasteiger partial charge on any atom is -0.473 e. The van der Waals surface area contributed by atoms with E-state index >= 15 is 0 Å². The number of hydrogen-bond acceptors (Lipinski definition) is 5. The number of nitrogens with two attached hydrogens (primary N) is 1. The topological polar surface area (TPSA) is 91.2 Å². The molecule has 0 aliphatic carbocycles. The van der Waals surface area contributed by atoms with Crippen LogP contribution in [0.1, 0.15) is 21.7 Å². The van der Waals surface area contributed by atoms with Gasteiger partial charge >= 0.3 is 0 Å². The van der Waals surface area contributed by atoms with Crippen molar-refractivity contribution in [3.05, 3.63) is 65.5 Å². The van der Waals surface area contributed by atoms with Gasteiger partial charge in [0.15, 0.2) is 0 Å². The lowest BCUT2D eigenvalue weighted by molar-refractivity contribution is 0.1000. The fourth-order valence-corrected chi connectivity index (χ4v) is 2.14. The number of amides is 1. The highest BCUT2D eigenvalue weighted by Gasteiger charge is 2.15. The summed E-state index contributed by atoms with van der Waals surface area (Å²) >= 11 is 0. The number of aryl methyl sites for hydroxylation is 1. The van der Waals surface area contributed by atoms with Crippen LogP contribution in [0.5, 0.6) is 5.88 Å². The van der Waals surface area contributed by atoms with E-state index in [0.717, 1.165) is 16.8 Å². The summed E-state index contributed by atoms with van der Waals surface area (Å²) < 4.78 is 10.9. The number of rotatable bonds is 5. The van der Waals surface area contributed by atoms with Crippen LogP contribution in [0.15, 0.2) is 53.2 Å². The molecule has 0 bridgehead atoms. The number of ether oxygens (including phenoxy) is 1. The highest BCUT2D eigenvalue weighted by atomic mass is 16.5. The van der Waals surface area contributed by atoms with Crippen LogP contribution in [-0.4, -0.2) is 16.0 Å². The number of benzene rings is 1. The zero-order valence-corrected chi connectivity index (χ0v) is 12.5. The number of carbonyl (C=O) groups is 1. The van der Waals surface area contributed by atoms with Gasteiger partial charge in [-0.3, -0.25) is 4.79 Å². The van der Waals surface area contributed by atoms with Gasteiger partial charge in [0.25, 0.3) is 0 Å². The van der Waals surface area contributed by atoms with Crippen molar-refractivity contribution in [3.8, 4) is 17.1 Å². The molecule has 0 aliphatic heterocycles. The first kappa shape index (κ1) is 14.8. The van der Waals surface area contributed by atoms with Crippen LogP contribution in [0.3, 0.4) is 0 Å². The van der Waals surface area contributed by atoms with Crippen molar-refractivity contribution in [2.75, 3.05) is 0 Å². The van der Waals surface area contributed by atoms with Crippen LogP contribution in [-0.2, 0) is 6.61 Å². The maximum atomic E-state index is 11.0. The third-order valence-electron chi connectivity index (χ3n) is 3.42. The van der Waals surface area contributed by atoms with Crippen LogP contribution in [0.4, 0.5) is 0 Å². The Labute approximate surface area is 132 Å². The Hall–Kier alpha value is -3.15. The molecule has 0 saturated carbocycles. The van der Waals surface area contributed by atoms with Gasteiger partial charge in [0.1, 0.15) is 18.1 Å².